The van der Waals surface area contributed by atoms with Gasteiger partial charge < -0.3 is 20.3 Å². The Bertz CT molecular complexity index is 582. The molecule has 6 nitrogen and oxygen atoms in total. The van der Waals surface area contributed by atoms with Crippen molar-refractivity contribution in [3.63, 3.8) is 0 Å². The van der Waals surface area contributed by atoms with Gasteiger partial charge in [0, 0.05) is 23.8 Å². The molecule has 1 aromatic carbocycles. The van der Waals surface area contributed by atoms with Gasteiger partial charge in [0.2, 0.25) is 0 Å². The van der Waals surface area contributed by atoms with Crippen LogP contribution in [0.25, 0.3) is 0 Å². The molecule has 2 aliphatic rings. The summed E-state index contributed by atoms with van der Waals surface area (Å²) in [7, 11) is 0. The van der Waals surface area contributed by atoms with Crippen LogP contribution >= 0.6 is 0 Å². The molecule has 1 heterocycles. The number of carbonyl (C=O) groups is 2. The SMILES string of the molecule is CC1COCCN1C(=O)c1ccc(NC(=O)NC2CCCC2)cc1. The second-order valence-corrected chi connectivity index (χ2v) is 6.58. The number of urea groups is 1. The van der Waals surface area contributed by atoms with Crippen LogP contribution in [-0.4, -0.2) is 48.7 Å². The molecule has 0 spiro atoms. The van der Waals surface area contributed by atoms with Crippen molar-refractivity contribution in [2.45, 2.75) is 44.7 Å². The third-order valence-corrected chi connectivity index (χ3v) is 4.71. The number of carbonyl (C=O) groups excluding carboxylic acids is 2. The molecule has 0 bridgehead atoms. The van der Waals surface area contributed by atoms with E-state index in [1.54, 1.807) is 24.3 Å². The third kappa shape index (κ3) is 4.06. The van der Waals surface area contributed by atoms with Gasteiger partial charge in [-0.2, -0.15) is 0 Å². The first-order valence-corrected chi connectivity index (χ1v) is 8.70. The Labute approximate surface area is 142 Å². The van der Waals surface area contributed by atoms with E-state index < -0.39 is 0 Å². The molecule has 1 aliphatic heterocycles. The number of hydrogen-bond acceptors (Lipinski definition) is 3. The van der Waals surface area contributed by atoms with Gasteiger partial charge in [0.15, 0.2) is 0 Å². The summed E-state index contributed by atoms with van der Waals surface area (Å²) < 4.78 is 5.37. The lowest BCUT2D eigenvalue weighted by Gasteiger charge is -2.33. The molecular weight excluding hydrogens is 306 g/mol. The molecule has 1 saturated carbocycles. The Balaban J connectivity index is 1.56. The molecular formula is C18H25N3O3. The van der Waals surface area contributed by atoms with Gasteiger partial charge in [0.05, 0.1) is 19.3 Å². The fourth-order valence-corrected chi connectivity index (χ4v) is 3.31. The van der Waals surface area contributed by atoms with Crippen LogP contribution in [0.1, 0.15) is 43.0 Å². The van der Waals surface area contributed by atoms with E-state index in [1.165, 1.54) is 12.8 Å². The van der Waals surface area contributed by atoms with Gasteiger partial charge in [0.1, 0.15) is 0 Å². The molecule has 2 N–H and O–H groups in total. The summed E-state index contributed by atoms with van der Waals surface area (Å²) >= 11 is 0. The summed E-state index contributed by atoms with van der Waals surface area (Å²) in [5, 5.41) is 5.81. The number of nitrogens with one attached hydrogen (secondary N) is 2. The monoisotopic (exact) mass is 331 g/mol. The molecule has 24 heavy (non-hydrogen) atoms. The number of morpholine rings is 1. The van der Waals surface area contributed by atoms with Gasteiger partial charge in [-0.15, -0.1) is 0 Å². The van der Waals surface area contributed by atoms with Crippen molar-refractivity contribution in [3.8, 4) is 0 Å². The number of amides is 3. The normalized spacial score (nSPS) is 21.5. The fourth-order valence-electron chi connectivity index (χ4n) is 3.31. The fraction of sp³-hybridized carbons (Fsp3) is 0.556. The summed E-state index contributed by atoms with van der Waals surface area (Å²) in [5.41, 5.74) is 1.32. The maximum absolute atomic E-state index is 12.5. The Hall–Kier alpha value is -2.08. The first-order valence-electron chi connectivity index (χ1n) is 8.70. The molecule has 2 fully saturated rings. The van der Waals surface area contributed by atoms with Gasteiger partial charge in [0.25, 0.3) is 5.91 Å². The van der Waals surface area contributed by atoms with Crippen molar-refractivity contribution in [3.05, 3.63) is 29.8 Å². The number of rotatable bonds is 3. The highest BCUT2D eigenvalue weighted by Gasteiger charge is 2.24. The minimum Gasteiger partial charge on any atom is -0.377 e. The number of nitrogens with zero attached hydrogens (tertiary/aromatic N) is 1. The molecule has 1 saturated heterocycles. The van der Waals surface area contributed by atoms with E-state index in [9.17, 15) is 9.59 Å². The van der Waals surface area contributed by atoms with Gasteiger partial charge in [-0.3, -0.25) is 4.79 Å². The van der Waals surface area contributed by atoms with Crippen molar-refractivity contribution < 1.29 is 14.3 Å². The predicted octanol–water partition coefficient (Wildman–Crippen LogP) is 2.61. The van der Waals surface area contributed by atoms with Gasteiger partial charge in [-0.1, -0.05) is 12.8 Å². The number of anilines is 1. The Morgan fingerprint density at radius 1 is 1.17 bits per heavy atom. The topological polar surface area (TPSA) is 70.7 Å². The summed E-state index contributed by atoms with van der Waals surface area (Å²) in [5.74, 6) is 0.00718. The molecule has 1 aliphatic carbocycles. The van der Waals surface area contributed by atoms with E-state index in [-0.39, 0.29) is 24.0 Å². The summed E-state index contributed by atoms with van der Waals surface area (Å²) in [6.45, 7) is 3.76. The van der Waals surface area contributed by atoms with Gasteiger partial charge in [-0.25, -0.2) is 4.79 Å². The van der Waals surface area contributed by atoms with Crippen LogP contribution < -0.4 is 10.6 Å². The average Bonchev–Trinajstić information content (AvgIpc) is 3.08. The highest BCUT2D eigenvalue weighted by Crippen LogP contribution is 2.18. The van der Waals surface area contributed by atoms with Gasteiger partial charge in [-0.05, 0) is 44.0 Å². The summed E-state index contributed by atoms with van der Waals surface area (Å²) in [4.78, 5) is 26.3. The maximum Gasteiger partial charge on any atom is 0.319 e. The lowest BCUT2D eigenvalue weighted by atomic mass is 10.1. The Morgan fingerprint density at radius 2 is 1.88 bits per heavy atom. The van der Waals surface area contributed by atoms with Crippen molar-refractivity contribution in [1.29, 1.82) is 0 Å². The van der Waals surface area contributed by atoms with Gasteiger partial charge >= 0.3 is 6.03 Å². The van der Waals surface area contributed by atoms with Crippen LogP contribution in [0.4, 0.5) is 10.5 Å². The van der Waals surface area contributed by atoms with E-state index >= 15 is 0 Å². The highest BCUT2D eigenvalue weighted by molar-refractivity contribution is 5.95. The van der Waals surface area contributed by atoms with Crippen molar-refractivity contribution >= 4 is 17.6 Å². The van der Waals surface area contributed by atoms with Crippen molar-refractivity contribution in [2.75, 3.05) is 25.1 Å². The van der Waals surface area contributed by atoms with Crippen LogP contribution in [0.2, 0.25) is 0 Å². The lowest BCUT2D eigenvalue weighted by molar-refractivity contribution is 0.00359. The number of hydrogen-bond donors (Lipinski definition) is 2. The first-order chi connectivity index (χ1) is 11.6. The van der Waals surface area contributed by atoms with E-state index in [4.69, 9.17) is 4.74 Å². The zero-order chi connectivity index (χ0) is 16.9. The van der Waals surface area contributed by atoms with Crippen LogP contribution in [0, 0.1) is 0 Å². The molecule has 6 heteroatoms. The first kappa shape index (κ1) is 16.8. The highest BCUT2D eigenvalue weighted by atomic mass is 16.5. The average molecular weight is 331 g/mol. The summed E-state index contributed by atoms with van der Waals surface area (Å²) in [6.07, 6.45) is 4.47. The smallest absolute Gasteiger partial charge is 0.319 e. The van der Waals surface area contributed by atoms with E-state index in [0.717, 1.165) is 12.8 Å². The zero-order valence-corrected chi connectivity index (χ0v) is 14.1. The van der Waals surface area contributed by atoms with Crippen LogP contribution in [-0.2, 0) is 4.74 Å². The van der Waals surface area contributed by atoms with E-state index in [2.05, 4.69) is 10.6 Å². The quantitative estimate of drug-likeness (QED) is 0.894. The second-order valence-electron chi connectivity index (χ2n) is 6.58. The molecule has 1 atom stereocenters. The predicted molar refractivity (Wildman–Crippen MR) is 92.2 cm³/mol. The Morgan fingerprint density at radius 3 is 2.54 bits per heavy atom. The Kier molecular flexibility index (Phi) is 5.35. The van der Waals surface area contributed by atoms with Crippen molar-refractivity contribution in [1.82, 2.24) is 10.2 Å². The van der Waals surface area contributed by atoms with Crippen LogP contribution in [0.5, 0.6) is 0 Å². The standard InChI is InChI=1S/C18H25N3O3/c1-13-12-24-11-10-21(13)17(22)14-6-8-16(9-7-14)20-18(23)19-15-4-2-3-5-15/h6-9,13,15H,2-5,10-12H2,1H3,(H2,19,20,23). The van der Waals surface area contributed by atoms with E-state index in [1.807, 2.05) is 11.8 Å². The molecule has 3 rings (SSSR count). The number of benzene rings is 1. The zero-order valence-electron chi connectivity index (χ0n) is 14.1. The molecule has 1 unspecified atom stereocenters. The molecule has 0 aromatic heterocycles. The molecule has 1 aromatic rings. The van der Waals surface area contributed by atoms with Crippen LogP contribution in [0.15, 0.2) is 24.3 Å². The van der Waals surface area contributed by atoms with Crippen LogP contribution in [0.3, 0.4) is 0 Å². The van der Waals surface area contributed by atoms with E-state index in [0.29, 0.717) is 31.0 Å². The minimum atomic E-state index is -0.178. The second kappa shape index (κ2) is 7.66. The minimum absolute atomic E-state index is 0.00718. The molecule has 3 amide bonds. The van der Waals surface area contributed by atoms with Crippen molar-refractivity contribution in [2.24, 2.45) is 0 Å². The number of ether oxygens (including phenoxy) is 1. The largest absolute Gasteiger partial charge is 0.377 e. The molecule has 0 radical (unpaired) electrons. The lowest BCUT2D eigenvalue weighted by Crippen LogP contribution is -2.47. The molecule has 130 valence electrons. The maximum atomic E-state index is 12.5. The third-order valence-electron chi connectivity index (χ3n) is 4.71. The summed E-state index contributed by atoms with van der Waals surface area (Å²) in [6, 6.07) is 7.25.